The van der Waals surface area contributed by atoms with Crippen LogP contribution in [-0.2, 0) is 0 Å². The van der Waals surface area contributed by atoms with Crippen molar-refractivity contribution >= 4 is 5.84 Å². The van der Waals surface area contributed by atoms with Crippen LogP contribution in [0.3, 0.4) is 0 Å². The summed E-state index contributed by atoms with van der Waals surface area (Å²) in [5.74, 6) is 1.04. The predicted molar refractivity (Wildman–Crippen MR) is 38.1 cm³/mol. The molecule has 1 N–H and O–H groups in total. The van der Waals surface area contributed by atoms with E-state index in [0.717, 1.165) is 5.84 Å². The number of amidine groups is 1. The number of nitrogens with one attached hydrogen (secondary N) is 1. The van der Waals surface area contributed by atoms with Crippen molar-refractivity contribution in [2.24, 2.45) is 4.99 Å². The molecule has 0 amide bonds. The Hall–Kier alpha value is -0.570. The molecule has 52 valence electrons. The van der Waals surface area contributed by atoms with Crippen molar-refractivity contribution in [2.75, 3.05) is 7.05 Å². The molecule has 3 nitrogen and oxygen atoms in total. The van der Waals surface area contributed by atoms with Gasteiger partial charge in [0.15, 0.2) is 0 Å². The number of nitrogens with zero attached hydrogens (tertiary/aromatic N) is 2. The van der Waals surface area contributed by atoms with E-state index in [2.05, 4.69) is 10.4 Å². The molecule has 0 fully saturated rings. The van der Waals surface area contributed by atoms with Crippen LogP contribution in [0.2, 0.25) is 0 Å². The molecule has 9 heavy (non-hydrogen) atoms. The molecule has 0 saturated heterocycles. The van der Waals surface area contributed by atoms with Crippen LogP contribution >= 0.6 is 0 Å². The first kappa shape index (κ1) is 6.55. The summed E-state index contributed by atoms with van der Waals surface area (Å²) in [7, 11) is 1.97. The molecule has 1 rings (SSSR count). The summed E-state index contributed by atoms with van der Waals surface area (Å²) in [6, 6.07) is 0. The minimum Gasteiger partial charge on any atom is -0.297 e. The van der Waals surface area contributed by atoms with Gasteiger partial charge in [-0.05, 0) is 20.8 Å². The zero-order valence-corrected chi connectivity index (χ0v) is 6.39. The van der Waals surface area contributed by atoms with Crippen molar-refractivity contribution in [3.63, 3.8) is 0 Å². The molecule has 1 aliphatic rings. The highest BCUT2D eigenvalue weighted by molar-refractivity contribution is 5.80. The minimum atomic E-state index is -0.0984. The van der Waals surface area contributed by atoms with E-state index in [1.54, 1.807) is 0 Å². The van der Waals surface area contributed by atoms with Gasteiger partial charge in [0.25, 0.3) is 0 Å². The maximum absolute atomic E-state index is 4.33. The Balaban J connectivity index is 2.74. The van der Waals surface area contributed by atoms with Crippen molar-refractivity contribution < 1.29 is 0 Å². The molecule has 0 aromatic rings. The summed E-state index contributed by atoms with van der Waals surface area (Å²) in [5, 5.41) is 1.93. The Kier molecular flexibility index (Phi) is 1.24. The van der Waals surface area contributed by atoms with Crippen molar-refractivity contribution in [1.82, 2.24) is 10.4 Å². The standard InChI is InChI=1S/C6H13N3/c1-5-7-6(2,3)8-9(5)4/h8H,1-4H3. The van der Waals surface area contributed by atoms with Gasteiger partial charge in [-0.15, -0.1) is 0 Å². The number of hydrazine groups is 1. The van der Waals surface area contributed by atoms with Gasteiger partial charge < -0.3 is 0 Å². The fourth-order valence-electron chi connectivity index (χ4n) is 0.996. The van der Waals surface area contributed by atoms with Crippen molar-refractivity contribution in [1.29, 1.82) is 0 Å². The largest absolute Gasteiger partial charge is 0.297 e. The molecule has 1 heterocycles. The third-order valence-electron chi connectivity index (χ3n) is 1.37. The van der Waals surface area contributed by atoms with Crippen LogP contribution in [0, 0.1) is 0 Å². The highest BCUT2D eigenvalue weighted by Crippen LogP contribution is 2.11. The van der Waals surface area contributed by atoms with Crippen LogP contribution in [0.5, 0.6) is 0 Å². The van der Waals surface area contributed by atoms with E-state index < -0.39 is 0 Å². The second kappa shape index (κ2) is 1.70. The Bertz CT molecular complexity index is 148. The van der Waals surface area contributed by atoms with E-state index in [1.807, 2.05) is 32.8 Å². The summed E-state index contributed by atoms with van der Waals surface area (Å²) >= 11 is 0. The highest BCUT2D eigenvalue weighted by Gasteiger charge is 2.24. The average molecular weight is 127 g/mol. The van der Waals surface area contributed by atoms with Gasteiger partial charge in [0.05, 0.1) is 0 Å². The topological polar surface area (TPSA) is 27.6 Å². The minimum absolute atomic E-state index is 0.0984. The number of rotatable bonds is 0. The normalized spacial score (nSPS) is 24.4. The van der Waals surface area contributed by atoms with Crippen LogP contribution in [-0.4, -0.2) is 23.6 Å². The lowest BCUT2D eigenvalue weighted by Crippen LogP contribution is -2.41. The molecule has 0 aromatic carbocycles. The number of aliphatic imine (C=N–C) groups is 1. The van der Waals surface area contributed by atoms with E-state index in [1.165, 1.54) is 0 Å². The zero-order valence-electron chi connectivity index (χ0n) is 6.39. The molecule has 0 aromatic heterocycles. The highest BCUT2D eigenvalue weighted by atomic mass is 15.6. The fraction of sp³-hybridized carbons (Fsp3) is 0.833. The SMILES string of the molecule is CC1=NC(C)(C)NN1C. The third-order valence-corrected chi connectivity index (χ3v) is 1.37. The van der Waals surface area contributed by atoms with Gasteiger partial charge in [-0.1, -0.05) is 0 Å². The predicted octanol–water partition coefficient (Wildman–Crippen LogP) is 0.591. The molecule has 1 aliphatic heterocycles. The van der Waals surface area contributed by atoms with Crippen LogP contribution in [0.25, 0.3) is 0 Å². The quantitative estimate of drug-likeness (QED) is 0.515. The smallest absolute Gasteiger partial charge is 0.123 e. The molecular formula is C6H13N3. The Morgan fingerprint density at radius 1 is 1.56 bits per heavy atom. The van der Waals surface area contributed by atoms with Crippen molar-refractivity contribution in [3.05, 3.63) is 0 Å². The zero-order chi connectivity index (χ0) is 7.07. The van der Waals surface area contributed by atoms with Crippen LogP contribution < -0.4 is 5.43 Å². The van der Waals surface area contributed by atoms with E-state index >= 15 is 0 Å². The molecule has 0 atom stereocenters. The van der Waals surface area contributed by atoms with Gasteiger partial charge in [-0.2, -0.15) is 0 Å². The van der Waals surface area contributed by atoms with Crippen molar-refractivity contribution in [2.45, 2.75) is 26.4 Å². The molecule has 3 heteroatoms. The maximum atomic E-state index is 4.33. The summed E-state index contributed by atoms with van der Waals surface area (Å²) in [4.78, 5) is 4.33. The molecular weight excluding hydrogens is 114 g/mol. The lowest BCUT2D eigenvalue weighted by atomic mass is 10.3. The number of hydrogen-bond donors (Lipinski definition) is 1. The lowest BCUT2D eigenvalue weighted by molar-refractivity contribution is 0.282. The van der Waals surface area contributed by atoms with Crippen LogP contribution in [0.15, 0.2) is 4.99 Å². The van der Waals surface area contributed by atoms with Gasteiger partial charge in [-0.3, -0.25) is 5.01 Å². The van der Waals surface area contributed by atoms with Gasteiger partial charge in [0, 0.05) is 7.05 Å². The molecule has 0 unspecified atom stereocenters. The van der Waals surface area contributed by atoms with E-state index in [-0.39, 0.29) is 5.66 Å². The summed E-state index contributed by atoms with van der Waals surface area (Å²) < 4.78 is 0. The molecule has 0 spiro atoms. The first-order valence-electron chi connectivity index (χ1n) is 3.09. The summed E-state index contributed by atoms with van der Waals surface area (Å²) in [5.41, 5.74) is 3.07. The van der Waals surface area contributed by atoms with E-state index in [4.69, 9.17) is 0 Å². The monoisotopic (exact) mass is 127 g/mol. The average Bonchev–Trinajstić information content (AvgIpc) is 1.79. The Labute approximate surface area is 55.7 Å². The second-order valence-electron chi connectivity index (χ2n) is 2.89. The Morgan fingerprint density at radius 3 is 2.22 bits per heavy atom. The first-order valence-corrected chi connectivity index (χ1v) is 3.09. The number of hydrogen-bond acceptors (Lipinski definition) is 3. The fourth-order valence-corrected chi connectivity index (χ4v) is 0.996. The van der Waals surface area contributed by atoms with Gasteiger partial charge >= 0.3 is 0 Å². The second-order valence-corrected chi connectivity index (χ2v) is 2.89. The molecule has 0 radical (unpaired) electrons. The van der Waals surface area contributed by atoms with Gasteiger partial charge in [-0.25, -0.2) is 10.4 Å². The van der Waals surface area contributed by atoms with Crippen LogP contribution in [0.1, 0.15) is 20.8 Å². The summed E-state index contributed by atoms with van der Waals surface area (Å²) in [6.07, 6.45) is 0. The first-order chi connectivity index (χ1) is 4.01. The summed E-state index contributed by atoms with van der Waals surface area (Å²) in [6.45, 7) is 6.07. The Morgan fingerprint density at radius 2 is 2.11 bits per heavy atom. The lowest BCUT2D eigenvalue weighted by Gasteiger charge is -2.18. The molecule has 0 saturated carbocycles. The third kappa shape index (κ3) is 1.21. The van der Waals surface area contributed by atoms with Gasteiger partial charge in [0.2, 0.25) is 0 Å². The van der Waals surface area contributed by atoms with E-state index in [9.17, 15) is 0 Å². The maximum Gasteiger partial charge on any atom is 0.123 e. The van der Waals surface area contributed by atoms with Crippen molar-refractivity contribution in [3.8, 4) is 0 Å². The molecule has 0 bridgehead atoms. The molecule has 0 aliphatic carbocycles. The van der Waals surface area contributed by atoms with Crippen LogP contribution in [0.4, 0.5) is 0 Å². The van der Waals surface area contributed by atoms with Gasteiger partial charge in [0.1, 0.15) is 11.5 Å². The van der Waals surface area contributed by atoms with E-state index in [0.29, 0.717) is 0 Å².